The van der Waals surface area contributed by atoms with Crippen LogP contribution in [-0.2, 0) is 0 Å². The van der Waals surface area contributed by atoms with E-state index in [9.17, 15) is 10.1 Å². The molecule has 1 unspecified atom stereocenters. The first-order valence-electron chi connectivity index (χ1n) is 5.20. The third-order valence-corrected chi connectivity index (χ3v) is 3.73. The molecule has 1 fully saturated rings. The van der Waals surface area contributed by atoms with Gasteiger partial charge in [0.15, 0.2) is 0 Å². The molecule has 1 aromatic heterocycles. The standard InChI is InChI=1S/C10H13N3O2S/c14-13(15)10-6-11-4-3-9(10)12-8-2-1-5-16-7-8/h3-4,6,8H,1-2,5,7H2,(H,11,12). The van der Waals surface area contributed by atoms with Gasteiger partial charge in [-0.15, -0.1) is 0 Å². The van der Waals surface area contributed by atoms with E-state index in [0.29, 0.717) is 11.7 Å². The van der Waals surface area contributed by atoms with E-state index in [1.165, 1.54) is 18.4 Å². The molecule has 6 heteroatoms. The lowest BCUT2D eigenvalue weighted by Crippen LogP contribution is -2.26. The van der Waals surface area contributed by atoms with E-state index in [-0.39, 0.29) is 5.69 Å². The predicted molar refractivity (Wildman–Crippen MR) is 64.9 cm³/mol. The lowest BCUT2D eigenvalue weighted by atomic mass is 10.2. The maximum Gasteiger partial charge on any atom is 0.310 e. The fourth-order valence-electron chi connectivity index (χ4n) is 1.73. The Hall–Kier alpha value is -1.30. The van der Waals surface area contributed by atoms with Gasteiger partial charge in [0.25, 0.3) is 0 Å². The largest absolute Gasteiger partial charge is 0.376 e. The van der Waals surface area contributed by atoms with Crippen molar-refractivity contribution in [2.75, 3.05) is 16.8 Å². The van der Waals surface area contributed by atoms with Crippen LogP contribution in [0.4, 0.5) is 11.4 Å². The highest BCUT2D eigenvalue weighted by atomic mass is 32.2. The Morgan fingerprint density at radius 2 is 2.50 bits per heavy atom. The van der Waals surface area contributed by atoms with Crippen LogP contribution in [0.5, 0.6) is 0 Å². The lowest BCUT2D eigenvalue weighted by Gasteiger charge is -2.23. The highest BCUT2D eigenvalue weighted by molar-refractivity contribution is 7.99. The summed E-state index contributed by atoms with van der Waals surface area (Å²) in [6, 6.07) is 2.00. The van der Waals surface area contributed by atoms with Crippen LogP contribution >= 0.6 is 11.8 Å². The maximum atomic E-state index is 10.8. The molecule has 0 bridgehead atoms. The number of thioether (sulfide) groups is 1. The minimum Gasteiger partial charge on any atom is -0.376 e. The number of anilines is 1. The van der Waals surface area contributed by atoms with Gasteiger partial charge in [-0.1, -0.05) is 0 Å². The Bertz CT molecular complexity index is 380. The zero-order valence-corrected chi connectivity index (χ0v) is 9.57. The van der Waals surface area contributed by atoms with Gasteiger partial charge in [0.1, 0.15) is 11.9 Å². The second kappa shape index (κ2) is 5.16. The molecule has 5 nitrogen and oxygen atoms in total. The van der Waals surface area contributed by atoms with Crippen molar-refractivity contribution < 1.29 is 4.92 Å². The molecule has 0 aromatic carbocycles. The van der Waals surface area contributed by atoms with Crippen LogP contribution in [0.2, 0.25) is 0 Å². The Labute approximate surface area is 97.8 Å². The average molecular weight is 239 g/mol. The van der Waals surface area contributed by atoms with Crippen LogP contribution in [0.15, 0.2) is 18.5 Å². The van der Waals surface area contributed by atoms with Crippen molar-refractivity contribution in [3.63, 3.8) is 0 Å². The fraction of sp³-hybridized carbons (Fsp3) is 0.500. The maximum absolute atomic E-state index is 10.8. The van der Waals surface area contributed by atoms with Gasteiger partial charge >= 0.3 is 5.69 Å². The van der Waals surface area contributed by atoms with Crippen LogP contribution < -0.4 is 5.32 Å². The van der Waals surface area contributed by atoms with Gasteiger partial charge in [-0.05, 0) is 24.7 Å². The molecule has 0 saturated carbocycles. The summed E-state index contributed by atoms with van der Waals surface area (Å²) in [5.41, 5.74) is 0.630. The second-order valence-electron chi connectivity index (χ2n) is 3.71. The molecule has 2 heterocycles. The molecule has 2 rings (SSSR count). The van der Waals surface area contributed by atoms with Gasteiger partial charge < -0.3 is 5.32 Å². The number of hydrogen-bond donors (Lipinski definition) is 1. The molecule has 1 saturated heterocycles. The van der Waals surface area contributed by atoms with E-state index in [2.05, 4.69) is 10.3 Å². The minimum atomic E-state index is -0.398. The molecule has 1 aliphatic rings. The van der Waals surface area contributed by atoms with E-state index >= 15 is 0 Å². The van der Waals surface area contributed by atoms with Crippen LogP contribution in [0.3, 0.4) is 0 Å². The second-order valence-corrected chi connectivity index (χ2v) is 4.86. The lowest BCUT2D eigenvalue weighted by molar-refractivity contribution is -0.384. The van der Waals surface area contributed by atoms with Gasteiger partial charge in [-0.2, -0.15) is 11.8 Å². The van der Waals surface area contributed by atoms with E-state index in [4.69, 9.17) is 0 Å². The predicted octanol–water partition coefficient (Wildman–Crippen LogP) is 2.30. The molecule has 1 N–H and O–H groups in total. The molecular weight excluding hydrogens is 226 g/mol. The zero-order valence-electron chi connectivity index (χ0n) is 8.76. The summed E-state index contributed by atoms with van der Waals surface area (Å²) in [7, 11) is 0. The third kappa shape index (κ3) is 2.63. The Morgan fingerprint density at radius 1 is 1.62 bits per heavy atom. The van der Waals surface area contributed by atoms with Crippen molar-refractivity contribution in [3.05, 3.63) is 28.6 Å². The number of nitrogens with one attached hydrogen (secondary N) is 1. The molecule has 0 aliphatic carbocycles. The highest BCUT2D eigenvalue weighted by Crippen LogP contribution is 2.26. The fourth-order valence-corrected chi connectivity index (χ4v) is 2.80. The molecule has 16 heavy (non-hydrogen) atoms. The van der Waals surface area contributed by atoms with Crippen molar-refractivity contribution in [2.24, 2.45) is 0 Å². The van der Waals surface area contributed by atoms with Crippen molar-refractivity contribution >= 4 is 23.1 Å². The summed E-state index contributed by atoms with van der Waals surface area (Å²) in [5, 5.41) is 14.0. The number of pyridine rings is 1. The molecule has 1 aliphatic heterocycles. The first-order chi connectivity index (χ1) is 7.77. The van der Waals surface area contributed by atoms with Gasteiger partial charge in [-0.3, -0.25) is 15.1 Å². The first kappa shape index (κ1) is 11.2. The Morgan fingerprint density at radius 3 is 3.19 bits per heavy atom. The van der Waals surface area contributed by atoms with Crippen LogP contribution in [0.1, 0.15) is 12.8 Å². The number of nitrogens with zero attached hydrogens (tertiary/aromatic N) is 2. The van der Waals surface area contributed by atoms with E-state index < -0.39 is 4.92 Å². The molecule has 86 valence electrons. The number of rotatable bonds is 3. The molecule has 1 atom stereocenters. The molecule has 1 aromatic rings. The summed E-state index contributed by atoms with van der Waals surface area (Å²) in [4.78, 5) is 14.2. The Balaban J connectivity index is 2.10. The van der Waals surface area contributed by atoms with Crippen LogP contribution in [0, 0.1) is 10.1 Å². The Kier molecular flexibility index (Phi) is 3.61. The van der Waals surface area contributed by atoms with E-state index in [1.807, 2.05) is 11.8 Å². The molecular formula is C10H13N3O2S. The van der Waals surface area contributed by atoms with Crippen LogP contribution in [0.25, 0.3) is 0 Å². The quantitative estimate of drug-likeness (QED) is 0.647. The topological polar surface area (TPSA) is 68.1 Å². The van der Waals surface area contributed by atoms with Gasteiger partial charge in [0, 0.05) is 18.0 Å². The first-order valence-corrected chi connectivity index (χ1v) is 6.35. The number of nitro groups is 1. The zero-order chi connectivity index (χ0) is 11.4. The SMILES string of the molecule is O=[N+]([O-])c1cnccc1NC1CCCSC1. The van der Waals surface area contributed by atoms with E-state index in [0.717, 1.165) is 12.2 Å². The van der Waals surface area contributed by atoms with Crippen molar-refractivity contribution in [3.8, 4) is 0 Å². The normalized spacial score (nSPS) is 20.4. The van der Waals surface area contributed by atoms with E-state index in [1.54, 1.807) is 12.3 Å². The van der Waals surface area contributed by atoms with Crippen molar-refractivity contribution in [1.82, 2.24) is 4.98 Å². The number of hydrogen-bond acceptors (Lipinski definition) is 5. The van der Waals surface area contributed by atoms with Gasteiger partial charge in [0.05, 0.1) is 4.92 Å². The molecule has 0 spiro atoms. The van der Waals surface area contributed by atoms with Crippen molar-refractivity contribution in [1.29, 1.82) is 0 Å². The van der Waals surface area contributed by atoms with Crippen LogP contribution in [-0.4, -0.2) is 27.5 Å². The van der Waals surface area contributed by atoms with Gasteiger partial charge in [0.2, 0.25) is 0 Å². The highest BCUT2D eigenvalue weighted by Gasteiger charge is 2.18. The third-order valence-electron chi connectivity index (χ3n) is 2.52. The smallest absolute Gasteiger partial charge is 0.310 e. The average Bonchev–Trinajstić information content (AvgIpc) is 2.31. The number of aromatic nitrogens is 1. The summed E-state index contributed by atoms with van der Waals surface area (Å²) in [6.45, 7) is 0. The van der Waals surface area contributed by atoms with Crippen molar-refractivity contribution in [2.45, 2.75) is 18.9 Å². The summed E-state index contributed by atoms with van der Waals surface area (Å²) < 4.78 is 0. The minimum absolute atomic E-state index is 0.0538. The summed E-state index contributed by atoms with van der Waals surface area (Å²) in [5.74, 6) is 2.20. The molecule has 0 amide bonds. The van der Waals surface area contributed by atoms with Gasteiger partial charge in [-0.25, -0.2) is 0 Å². The summed E-state index contributed by atoms with van der Waals surface area (Å²) in [6.07, 6.45) is 5.11. The summed E-state index contributed by atoms with van der Waals surface area (Å²) >= 11 is 1.89. The monoisotopic (exact) mass is 239 g/mol. The molecule has 0 radical (unpaired) electrons.